The molecule has 0 aliphatic rings. The summed E-state index contributed by atoms with van der Waals surface area (Å²) in [6.45, 7) is 12.1. The van der Waals surface area contributed by atoms with Crippen molar-refractivity contribution in [1.29, 1.82) is 0 Å². The molecule has 1 unspecified atom stereocenters. The zero-order chi connectivity index (χ0) is 13.9. The van der Waals surface area contributed by atoms with Crippen LogP contribution in [0.2, 0.25) is 0 Å². The second-order valence-electron chi connectivity index (χ2n) is 6.04. The van der Waals surface area contributed by atoms with Crippen molar-refractivity contribution < 1.29 is 0 Å². The van der Waals surface area contributed by atoms with Crippen molar-refractivity contribution in [2.45, 2.75) is 34.6 Å². The van der Waals surface area contributed by atoms with Crippen molar-refractivity contribution in [3.8, 4) is 0 Å². The Labute approximate surface area is 116 Å². The zero-order valence-electron chi connectivity index (χ0n) is 12.0. The Morgan fingerprint density at radius 3 is 2.44 bits per heavy atom. The number of anilines is 1. The molecule has 1 rings (SSSR count). The van der Waals surface area contributed by atoms with Crippen molar-refractivity contribution in [1.82, 2.24) is 0 Å². The molecule has 3 N–H and O–H groups in total. The molecule has 0 radical (unpaired) electrons. The van der Waals surface area contributed by atoms with Crippen LogP contribution in [-0.2, 0) is 0 Å². The minimum absolute atomic E-state index is 0.320. The van der Waals surface area contributed by atoms with Crippen molar-refractivity contribution in [3.05, 3.63) is 29.3 Å². The van der Waals surface area contributed by atoms with Crippen LogP contribution in [0, 0.1) is 18.3 Å². The largest absolute Gasteiger partial charge is 0.389 e. The van der Waals surface area contributed by atoms with E-state index in [4.69, 9.17) is 18.0 Å². The number of hydrogen-bond donors (Lipinski definition) is 2. The van der Waals surface area contributed by atoms with Crippen LogP contribution in [-0.4, -0.2) is 11.5 Å². The van der Waals surface area contributed by atoms with Gasteiger partial charge in [-0.3, -0.25) is 0 Å². The summed E-state index contributed by atoms with van der Waals surface area (Å²) in [5.41, 5.74) is 9.18. The van der Waals surface area contributed by atoms with E-state index in [2.05, 4.69) is 39.1 Å². The molecule has 1 aromatic rings. The van der Waals surface area contributed by atoms with E-state index in [0.29, 0.717) is 16.3 Å². The van der Waals surface area contributed by atoms with Crippen LogP contribution in [0.15, 0.2) is 18.2 Å². The van der Waals surface area contributed by atoms with Gasteiger partial charge in [0.2, 0.25) is 0 Å². The van der Waals surface area contributed by atoms with Gasteiger partial charge in [-0.2, -0.15) is 0 Å². The fourth-order valence-electron chi connectivity index (χ4n) is 1.63. The molecule has 0 aliphatic heterocycles. The summed E-state index contributed by atoms with van der Waals surface area (Å²) in [4.78, 5) is 0.460. The molecule has 0 aliphatic carbocycles. The van der Waals surface area contributed by atoms with E-state index in [1.165, 1.54) is 0 Å². The number of thiocarbonyl (C=S) groups is 1. The second-order valence-corrected chi connectivity index (χ2v) is 6.48. The Balaban J connectivity index is 2.70. The summed E-state index contributed by atoms with van der Waals surface area (Å²) in [6, 6.07) is 6.13. The Hall–Kier alpha value is -1.09. The third kappa shape index (κ3) is 3.98. The van der Waals surface area contributed by atoms with Crippen molar-refractivity contribution in [2.24, 2.45) is 17.1 Å². The van der Waals surface area contributed by atoms with Gasteiger partial charge in [0.1, 0.15) is 4.99 Å². The maximum Gasteiger partial charge on any atom is 0.104 e. The first-order chi connectivity index (χ1) is 8.21. The van der Waals surface area contributed by atoms with Gasteiger partial charge in [-0.1, -0.05) is 39.9 Å². The fraction of sp³-hybridized carbons (Fsp3) is 0.533. The Morgan fingerprint density at radius 2 is 2.00 bits per heavy atom. The highest BCUT2D eigenvalue weighted by molar-refractivity contribution is 7.80. The van der Waals surface area contributed by atoms with E-state index in [1.807, 2.05) is 19.1 Å². The lowest BCUT2D eigenvalue weighted by Crippen LogP contribution is -2.24. The van der Waals surface area contributed by atoms with E-state index < -0.39 is 0 Å². The monoisotopic (exact) mass is 264 g/mol. The number of nitrogens with one attached hydrogen (secondary N) is 1. The molecular weight excluding hydrogens is 240 g/mol. The SMILES string of the molecule is Cc1cc(NCC(C)C(C)(C)C)ccc1C(N)=S. The van der Waals surface area contributed by atoms with Crippen LogP contribution in [0.4, 0.5) is 5.69 Å². The summed E-state index contributed by atoms with van der Waals surface area (Å²) < 4.78 is 0. The quantitative estimate of drug-likeness (QED) is 0.814. The first kappa shape index (κ1) is 15.0. The third-order valence-corrected chi connectivity index (χ3v) is 3.80. The molecule has 1 aromatic carbocycles. The summed E-state index contributed by atoms with van der Waals surface area (Å²) >= 11 is 5.01. The van der Waals surface area contributed by atoms with Crippen LogP contribution in [0.1, 0.15) is 38.8 Å². The molecule has 0 heterocycles. The third-order valence-electron chi connectivity index (χ3n) is 3.58. The lowest BCUT2D eigenvalue weighted by molar-refractivity contribution is 0.274. The van der Waals surface area contributed by atoms with E-state index in [9.17, 15) is 0 Å². The van der Waals surface area contributed by atoms with E-state index in [-0.39, 0.29) is 0 Å². The van der Waals surface area contributed by atoms with E-state index in [0.717, 1.165) is 23.4 Å². The number of hydrogen-bond acceptors (Lipinski definition) is 2. The van der Waals surface area contributed by atoms with Crippen LogP contribution in [0.25, 0.3) is 0 Å². The summed E-state index contributed by atoms with van der Waals surface area (Å²) in [6.07, 6.45) is 0. The number of rotatable bonds is 4. The number of benzene rings is 1. The first-order valence-electron chi connectivity index (χ1n) is 6.36. The molecule has 0 spiro atoms. The standard InChI is InChI=1S/C15H24N2S/c1-10-8-12(6-7-13(10)14(16)18)17-9-11(2)15(3,4)5/h6-8,11,17H,9H2,1-5H3,(H2,16,18). The minimum atomic E-state index is 0.320. The highest BCUT2D eigenvalue weighted by Gasteiger charge is 2.19. The van der Waals surface area contributed by atoms with E-state index >= 15 is 0 Å². The lowest BCUT2D eigenvalue weighted by atomic mass is 9.82. The molecule has 1 atom stereocenters. The number of nitrogens with two attached hydrogens (primary N) is 1. The van der Waals surface area contributed by atoms with Gasteiger partial charge in [-0.05, 0) is 42.0 Å². The maximum atomic E-state index is 5.65. The normalized spacial score (nSPS) is 13.2. The molecule has 2 nitrogen and oxygen atoms in total. The van der Waals surface area contributed by atoms with E-state index in [1.54, 1.807) is 0 Å². The minimum Gasteiger partial charge on any atom is -0.389 e. The zero-order valence-corrected chi connectivity index (χ0v) is 12.8. The van der Waals surface area contributed by atoms with Gasteiger partial charge >= 0.3 is 0 Å². The number of aryl methyl sites for hydroxylation is 1. The van der Waals surface area contributed by atoms with Crippen molar-refractivity contribution in [3.63, 3.8) is 0 Å². The fourth-order valence-corrected chi connectivity index (χ4v) is 1.86. The highest BCUT2D eigenvalue weighted by Crippen LogP contribution is 2.25. The van der Waals surface area contributed by atoms with Gasteiger partial charge in [0.15, 0.2) is 0 Å². The van der Waals surface area contributed by atoms with Gasteiger partial charge in [-0.15, -0.1) is 0 Å². The summed E-state index contributed by atoms with van der Waals surface area (Å²) in [5, 5.41) is 3.47. The Morgan fingerprint density at radius 1 is 1.39 bits per heavy atom. The second kappa shape index (κ2) is 5.70. The van der Waals surface area contributed by atoms with Gasteiger partial charge in [0, 0.05) is 17.8 Å². The van der Waals surface area contributed by atoms with Gasteiger partial charge in [0.05, 0.1) is 0 Å². The average Bonchev–Trinajstić information content (AvgIpc) is 2.24. The van der Waals surface area contributed by atoms with Crippen LogP contribution in [0.5, 0.6) is 0 Å². The molecule has 0 bridgehead atoms. The van der Waals surface area contributed by atoms with Crippen LogP contribution in [0.3, 0.4) is 0 Å². The maximum absolute atomic E-state index is 5.65. The molecule has 0 saturated carbocycles. The summed E-state index contributed by atoms with van der Waals surface area (Å²) in [7, 11) is 0. The Bertz CT molecular complexity index is 433. The molecule has 0 fully saturated rings. The average molecular weight is 264 g/mol. The molecule has 3 heteroatoms. The predicted molar refractivity (Wildman–Crippen MR) is 84.2 cm³/mol. The first-order valence-corrected chi connectivity index (χ1v) is 6.77. The highest BCUT2D eigenvalue weighted by atomic mass is 32.1. The van der Waals surface area contributed by atoms with Crippen molar-refractivity contribution >= 4 is 22.9 Å². The molecule has 0 aromatic heterocycles. The Kier molecular flexibility index (Phi) is 4.74. The van der Waals surface area contributed by atoms with Crippen LogP contribution < -0.4 is 11.1 Å². The topological polar surface area (TPSA) is 38.0 Å². The molecule has 100 valence electrons. The van der Waals surface area contributed by atoms with Gasteiger partial charge in [-0.25, -0.2) is 0 Å². The molecule has 0 amide bonds. The predicted octanol–water partition coefficient (Wildman–Crippen LogP) is 3.72. The van der Waals surface area contributed by atoms with Crippen molar-refractivity contribution in [2.75, 3.05) is 11.9 Å². The van der Waals surface area contributed by atoms with Gasteiger partial charge in [0.25, 0.3) is 0 Å². The lowest BCUT2D eigenvalue weighted by Gasteiger charge is -2.27. The summed E-state index contributed by atoms with van der Waals surface area (Å²) in [5.74, 6) is 0.605. The molecule has 0 saturated heterocycles. The smallest absolute Gasteiger partial charge is 0.104 e. The molecule has 18 heavy (non-hydrogen) atoms. The molecular formula is C15H24N2S. The van der Waals surface area contributed by atoms with Crippen LogP contribution >= 0.6 is 12.2 Å². The van der Waals surface area contributed by atoms with Gasteiger partial charge < -0.3 is 11.1 Å².